The zero-order valence-electron chi connectivity index (χ0n) is 13.5. The summed E-state index contributed by atoms with van der Waals surface area (Å²) in [5.74, 6) is 2.28. The van der Waals surface area contributed by atoms with Crippen LogP contribution in [0.3, 0.4) is 0 Å². The van der Waals surface area contributed by atoms with Gasteiger partial charge < -0.3 is 9.47 Å². The molecule has 0 aromatic carbocycles. The highest BCUT2D eigenvalue weighted by Crippen LogP contribution is 2.28. The van der Waals surface area contributed by atoms with Crippen molar-refractivity contribution in [3.05, 3.63) is 36.5 Å². The molecule has 6 nitrogen and oxygen atoms in total. The van der Waals surface area contributed by atoms with Crippen LogP contribution in [-0.2, 0) is 23.3 Å². The third-order valence-electron chi connectivity index (χ3n) is 4.46. The van der Waals surface area contributed by atoms with E-state index in [9.17, 15) is 8.42 Å². The molecule has 0 aliphatic carbocycles. The molecule has 1 fully saturated rings. The maximum atomic E-state index is 11.9. The number of hydrogen-bond donors (Lipinski definition) is 0. The number of piperidine rings is 1. The molecule has 0 unspecified atom stereocenters. The van der Waals surface area contributed by atoms with Crippen LogP contribution in [0.4, 0.5) is 5.82 Å². The summed E-state index contributed by atoms with van der Waals surface area (Å²) >= 11 is 0. The van der Waals surface area contributed by atoms with Crippen molar-refractivity contribution in [2.45, 2.75) is 24.2 Å². The van der Waals surface area contributed by atoms with E-state index in [-0.39, 0.29) is 0 Å². The molecule has 0 amide bonds. The Labute approximate surface area is 137 Å². The molecule has 1 aliphatic rings. The Morgan fingerprint density at radius 1 is 1.22 bits per heavy atom. The molecule has 3 rings (SSSR count). The van der Waals surface area contributed by atoms with Gasteiger partial charge in [0.05, 0.1) is 0 Å². The van der Waals surface area contributed by atoms with Crippen LogP contribution >= 0.6 is 0 Å². The summed E-state index contributed by atoms with van der Waals surface area (Å²) in [5.41, 5.74) is 0. The monoisotopic (exact) mass is 334 g/mol. The van der Waals surface area contributed by atoms with Crippen molar-refractivity contribution in [2.24, 2.45) is 13.0 Å². The predicted octanol–water partition coefficient (Wildman–Crippen LogP) is 1.68. The van der Waals surface area contributed by atoms with E-state index in [0.29, 0.717) is 16.6 Å². The van der Waals surface area contributed by atoms with Crippen LogP contribution in [0.2, 0.25) is 0 Å². The van der Waals surface area contributed by atoms with Crippen molar-refractivity contribution in [1.29, 1.82) is 0 Å². The van der Waals surface area contributed by atoms with Gasteiger partial charge in [0.25, 0.3) is 0 Å². The fourth-order valence-corrected chi connectivity index (χ4v) is 3.95. The molecular weight excluding hydrogens is 312 g/mol. The Morgan fingerprint density at radius 3 is 2.57 bits per heavy atom. The molecule has 2 aromatic heterocycles. The number of aromatic nitrogens is 3. The summed E-state index contributed by atoms with van der Waals surface area (Å²) in [6, 6.07) is 3.31. The second-order valence-electron chi connectivity index (χ2n) is 6.19. The van der Waals surface area contributed by atoms with Crippen LogP contribution in [0.5, 0.6) is 0 Å². The van der Waals surface area contributed by atoms with Crippen LogP contribution in [0, 0.1) is 5.92 Å². The Hall–Kier alpha value is -1.89. The number of sulfone groups is 1. The van der Waals surface area contributed by atoms with Gasteiger partial charge in [-0.2, -0.15) is 0 Å². The molecule has 3 heterocycles. The Bertz CT molecular complexity index is 777. The van der Waals surface area contributed by atoms with Gasteiger partial charge in [-0.15, -0.1) is 0 Å². The maximum Gasteiger partial charge on any atom is 0.179 e. The summed E-state index contributed by atoms with van der Waals surface area (Å²) in [5, 5.41) is 0. The topological polar surface area (TPSA) is 68.1 Å². The number of hydrogen-bond acceptors (Lipinski definition) is 5. The van der Waals surface area contributed by atoms with Crippen LogP contribution in [0.1, 0.15) is 18.7 Å². The first-order chi connectivity index (χ1) is 10.9. The van der Waals surface area contributed by atoms with Gasteiger partial charge in [0.2, 0.25) is 0 Å². The lowest BCUT2D eigenvalue weighted by Crippen LogP contribution is -2.36. The first kappa shape index (κ1) is 16.0. The number of pyridine rings is 1. The second-order valence-corrected chi connectivity index (χ2v) is 8.17. The molecule has 0 atom stereocenters. The SMILES string of the molecule is Cn1ccnc1CC1CCN(c2ncccc2S(C)(=O)=O)CC1. The summed E-state index contributed by atoms with van der Waals surface area (Å²) in [4.78, 5) is 11.1. The number of nitrogens with zero attached hydrogens (tertiary/aromatic N) is 4. The average Bonchev–Trinajstić information content (AvgIpc) is 2.92. The van der Waals surface area contributed by atoms with Crippen molar-refractivity contribution in [1.82, 2.24) is 14.5 Å². The highest BCUT2D eigenvalue weighted by atomic mass is 32.2. The average molecular weight is 334 g/mol. The minimum Gasteiger partial charge on any atom is -0.356 e. The molecule has 0 radical (unpaired) electrons. The van der Waals surface area contributed by atoms with Gasteiger partial charge in [-0.1, -0.05) is 0 Å². The van der Waals surface area contributed by atoms with E-state index in [2.05, 4.69) is 19.4 Å². The molecule has 0 saturated carbocycles. The third kappa shape index (κ3) is 3.55. The molecule has 0 N–H and O–H groups in total. The second kappa shape index (κ2) is 6.31. The summed E-state index contributed by atoms with van der Waals surface area (Å²) in [6.45, 7) is 1.66. The number of imidazole rings is 1. The molecule has 0 bridgehead atoms. The molecule has 23 heavy (non-hydrogen) atoms. The van der Waals surface area contributed by atoms with Crippen molar-refractivity contribution in [2.75, 3.05) is 24.2 Å². The number of anilines is 1. The lowest BCUT2D eigenvalue weighted by molar-refractivity contribution is 0.391. The van der Waals surface area contributed by atoms with Gasteiger partial charge in [0.15, 0.2) is 9.84 Å². The van der Waals surface area contributed by atoms with Crippen molar-refractivity contribution in [3.8, 4) is 0 Å². The van der Waals surface area contributed by atoms with Gasteiger partial charge in [0, 0.05) is 51.4 Å². The van der Waals surface area contributed by atoms with Gasteiger partial charge in [-0.25, -0.2) is 18.4 Å². The van der Waals surface area contributed by atoms with Crippen LogP contribution < -0.4 is 4.90 Å². The van der Waals surface area contributed by atoms with Crippen molar-refractivity contribution in [3.63, 3.8) is 0 Å². The van der Waals surface area contributed by atoms with E-state index in [0.717, 1.165) is 38.2 Å². The Kier molecular flexibility index (Phi) is 4.39. The fourth-order valence-electron chi connectivity index (χ4n) is 3.11. The standard InChI is InChI=1S/C16H22N4O2S/c1-19-11-8-17-15(19)12-13-5-9-20(10-6-13)16-14(23(2,21)22)4-3-7-18-16/h3-4,7-8,11,13H,5-6,9-10,12H2,1-2H3. The molecule has 1 saturated heterocycles. The first-order valence-corrected chi connectivity index (χ1v) is 9.70. The number of rotatable bonds is 4. The van der Waals surface area contributed by atoms with Crippen LogP contribution in [0.15, 0.2) is 35.6 Å². The summed E-state index contributed by atoms with van der Waals surface area (Å²) in [7, 11) is -1.24. The first-order valence-electron chi connectivity index (χ1n) is 7.81. The number of aryl methyl sites for hydroxylation is 1. The highest BCUT2D eigenvalue weighted by Gasteiger charge is 2.25. The lowest BCUT2D eigenvalue weighted by Gasteiger charge is -2.33. The van der Waals surface area contributed by atoms with E-state index in [1.807, 2.05) is 19.4 Å². The van der Waals surface area contributed by atoms with Gasteiger partial charge >= 0.3 is 0 Å². The Balaban J connectivity index is 1.69. The molecule has 1 aliphatic heterocycles. The minimum atomic E-state index is -3.26. The van der Waals surface area contributed by atoms with Crippen LogP contribution in [-0.4, -0.2) is 42.3 Å². The quantitative estimate of drug-likeness (QED) is 0.851. The molecule has 7 heteroatoms. The van der Waals surface area contributed by atoms with Crippen molar-refractivity contribution >= 4 is 15.7 Å². The fraction of sp³-hybridized carbons (Fsp3) is 0.500. The Morgan fingerprint density at radius 2 is 1.96 bits per heavy atom. The van der Waals surface area contributed by atoms with Crippen LogP contribution in [0.25, 0.3) is 0 Å². The molecular formula is C16H22N4O2S. The predicted molar refractivity (Wildman–Crippen MR) is 89.2 cm³/mol. The molecule has 124 valence electrons. The molecule has 2 aromatic rings. The lowest BCUT2D eigenvalue weighted by atomic mass is 9.93. The molecule has 0 spiro atoms. The van der Waals surface area contributed by atoms with E-state index < -0.39 is 9.84 Å². The van der Waals surface area contributed by atoms with Crippen molar-refractivity contribution < 1.29 is 8.42 Å². The normalized spacial score (nSPS) is 16.7. The van der Waals surface area contributed by atoms with Gasteiger partial charge in [0.1, 0.15) is 16.5 Å². The third-order valence-corrected chi connectivity index (χ3v) is 5.57. The summed E-state index contributed by atoms with van der Waals surface area (Å²) < 4.78 is 25.9. The highest BCUT2D eigenvalue weighted by molar-refractivity contribution is 7.90. The zero-order chi connectivity index (χ0) is 16.4. The minimum absolute atomic E-state index is 0.322. The van der Waals surface area contributed by atoms with E-state index in [4.69, 9.17) is 0 Å². The van der Waals surface area contributed by atoms with E-state index >= 15 is 0 Å². The van der Waals surface area contributed by atoms with Gasteiger partial charge in [-0.05, 0) is 30.9 Å². The summed E-state index contributed by atoms with van der Waals surface area (Å²) in [6.07, 6.45) is 9.70. The van der Waals surface area contributed by atoms with Gasteiger partial charge in [-0.3, -0.25) is 0 Å². The van der Waals surface area contributed by atoms with E-state index in [1.165, 1.54) is 6.26 Å². The smallest absolute Gasteiger partial charge is 0.179 e. The largest absolute Gasteiger partial charge is 0.356 e. The zero-order valence-corrected chi connectivity index (χ0v) is 14.3. The van der Waals surface area contributed by atoms with E-state index in [1.54, 1.807) is 18.3 Å². The maximum absolute atomic E-state index is 11.9.